The third-order valence-corrected chi connectivity index (χ3v) is 5.10. The van der Waals surface area contributed by atoms with Crippen LogP contribution < -0.4 is 15.3 Å². The van der Waals surface area contributed by atoms with Crippen molar-refractivity contribution in [3.8, 4) is 5.75 Å². The molecule has 1 aromatic rings. The van der Waals surface area contributed by atoms with Crippen molar-refractivity contribution in [2.24, 2.45) is 5.10 Å². The summed E-state index contributed by atoms with van der Waals surface area (Å²) in [6, 6.07) is 4.01. The number of carbonyl (C=O) groups excluding carboxylic acids is 1. The van der Waals surface area contributed by atoms with Crippen molar-refractivity contribution >= 4 is 18.6 Å². The number of nitrogens with zero attached hydrogens (tertiary/aromatic N) is 3. The maximum atomic E-state index is 11.3. The second-order valence-corrected chi connectivity index (χ2v) is 8.60. The molecule has 1 saturated heterocycles. The molecule has 8 heteroatoms. The van der Waals surface area contributed by atoms with Gasteiger partial charge in [-0.05, 0) is 40.9 Å². The highest BCUT2D eigenvalue weighted by atomic mass is 16.5. The lowest BCUT2D eigenvalue weighted by molar-refractivity contribution is -0.865. The molecule has 2 aliphatic rings. The summed E-state index contributed by atoms with van der Waals surface area (Å²) >= 11 is 0. The number of aromatic carboxylic acids is 1. The first-order valence-electron chi connectivity index (χ1n) is 9.69. The molecule has 2 aliphatic heterocycles. The Labute approximate surface area is 171 Å². The van der Waals surface area contributed by atoms with Crippen LogP contribution in [0, 0.1) is 0 Å². The van der Waals surface area contributed by atoms with Gasteiger partial charge in [-0.1, -0.05) is 5.10 Å². The monoisotopic (exact) mass is 406 g/mol. The maximum Gasteiger partial charge on any atom is 0.339 e. The molecule has 0 aromatic heterocycles. The summed E-state index contributed by atoms with van der Waals surface area (Å²) in [5.74, 6) is -0.607. The number of fused-ring (bicyclic) bond motifs is 1. The summed E-state index contributed by atoms with van der Waals surface area (Å²) in [4.78, 5) is 23.2. The Balaban J connectivity index is 0.000000370. The number of piperidine rings is 1. The number of hydrogen-bond acceptors (Lipinski definition) is 6. The van der Waals surface area contributed by atoms with Crippen molar-refractivity contribution in [1.82, 2.24) is 4.90 Å². The Kier molecular flexibility index (Phi) is 7.02. The van der Waals surface area contributed by atoms with E-state index in [4.69, 9.17) is 9.84 Å². The van der Waals surface area contributed by atoms with E-state index in [-0.39, 0.29) is 11.2 Å². The van der Waals surface area contributed by atoms with Gasteiger partial charge in [0.25, 0.3) is 6.47 Å². The number of quaternary nitrogens is 1. The summed E-state index contributed by atoms with van der Waals surface area (Å²) in [6.07, 6.45) is 4.26. The number of ether oxygens (including phenoxy) is 2. The molecular formula is C21H32N3O5+. The first-order valence-corrected chi connectivity index (χ1v) is 9.69. The van der Waals surface area contributed by atoms with Gasteiger partial charge in [0.05, 0.1) is 12.3 Å². The number of carboxylic acid groups (broad SMARTS) is 1. The van der Waals surface area contributed by atoms with Gasteiger partial charge in [0.1, 0.15) is 41.6 Å². The number of methoxy groups -OCH3 is 1. The predicted molar refractivity (Wildman–Crippen MR) is 109 cm³/mol. The molecule has 1 N–H and O–H groups in total. The van der Waals surface area contributed by atoms with E-state index in [1.54, 1.807) is 12.1 Å². The van der Waals surface area contributed by atoms with Gasteiger partial charge in [-0.25, -0.2) is 4.79 Å². The standard InChI is InChI=1S/C16H21N3O3.C5H10O2/c1-18(2)12-4-6-19(7-5-12)10-11-8-13(16(20)21)15(22-3)9-14(11)17-19;1-5(2,3)7-4-6/h8-10,12H,4-7H2,1-3H3;4H,1-3H3/p+1. The number of carbonyl (C=O) groups is 2. The molecule has 0 aliphatic carbocycles. The summed E-state index contributed by atoms with van der Waals surface area (Å²) in [6.45, 7) is 7.81. The van der Waals surface area contributed by atoms with E-state index >= 15 is 0 Å². The van der Waals surface area contributed by atoms with Gasteiger partial charge in [0, 0.05) is 24.9 Å². The lowest BCUT2D eigenvalue weighted by Crippen LogP contribution is -2.48. The number of benzene rings is 1. The number of carboxylic acids is 1. The number of rotatable bonds is 4. The Morgan fingerprint density at radius 3 is 2.31 bits per heavy atom. The minimum absolute atomic E-state index is 0.191. The lowest BCUT2D eigenvalue weighted by Gasteiger charge is -2.36. The minimum atomic E-state index is -0.974. The van der Waals surface area contributed by atoms with Crippen LogP contribution in [0.1, 0.15) is 44.0 Å². The van der Waals surface area contributed by atoms with Crippen LogP contribution in [0.2, 0.25) is 0 Å². The molecule has 1 fully saturated rings. The molecule has 8 nitrogen and oxygen atoms in total. The van der Waals surface area contributed by atoms with Crippen molar-refractivity contribution < 1.29 is 28.8 Å². The van der Waals surface area contributed by atoms with Crippen LogP contribution in [-0.2, 0) is 9.53 Å². The highest BCUT2D eigenvalue weighted by Crippen LogP contribution is 2.25. The van der Waals surface area contributed by atoms with Gasteiger partial charge in [-0.2, -0.15) is 4.59 Å². The fourth-order valence-corrected chi connectivity index (χ4v) is 3.51. The maximum absolute atomic E-state index is 11.3. The van der Waals surface area contributed by atoms with Crippen LogP contribution >= 0.6 is 0 Å². The van der Waals surface area contributed by atoms with Crippen molar-refractivity contribution in [2.45, 2.75) is 45.3 Å². The molecule has 0 saturated carbocycles. The van der Waals surface area contributed by atoms with Crippen LogP contribution in [0.4, 0.5) is 0 Å². The molecular weight excluding hydrogens is 374 g/mol. The van der Waals surface area contributed by atoms with E-state index in [1.807, 2.05) is 20.8 Å². The lowest BCUT2D eigenvalue weighted by atomic mass is 10.0. The SMILES string of the molecule is CC(C)(C)OC=O.COc1cc2c(cc1C(=O)O)=C[N+]1(CCC(N(C)C)CC1)N=2. The highest BCUT2D eigenvalue weighted by Gasteiger charge is 2.36. The minimum Gasteiger partial charge on any atom is -0.496 e. The van der Waals surface area contributed by atoms with Crippen LogP contribution in [0.5, 0.6) is 5.75 Å². The van der Waals surface area contributed by atoms with Crippen molar-refractivity contribution in [3.05, 3.63) is 28.3 Å². The molecule has 0 bridgehead atoms. The normalized spacial score (nSPS) is 22.7. The van der Waals surface area contributed by atoms with E-state index in [0.717, 1.165) is 36.5 Å². The summed E-state index contributed by atoms with van der Waals surface area (Å²) in [5, 5.41) is 15.8. The van der Waals surface area contributed by atoms with Crippen LogP contribution in [0.15, 0.2) is 17.2 Å². The second-order valence-electron chi connectivity index (χ2n) is 8.60. The Morgan fingerprint density at radius 1 is 1.28 bits per heavy atom. The van der Waals surface area contributed by atoms with Crippen LogP contribution in [-0.4, -0.2) is 73.0 Å². The summed E-state index contributed by atoms with van der Waals surface area (Å²) in [7, 11) is 5.72. The zero-order chi connectivity index (χ0) is 21.8. The van der Waals surface area contributed by atoms with E-state index in [2.05, 4.69) is 29.9 Å². The van der Waals surface area contributed by atoms with E-state index in [9.17, 15) is 14.7 Å². The van der Waals surface area contributed by atoms with Gasteiger partial charge < -0.3 is 19.5 Å². The average Bonchev–Trinajstić information content (AvgIpc) is 2.96. The van der Waals surface area contributed by atoms with E-state index in [1.165, 1.54) is 7.11 Å². The third-order valence-electron chi connectivity index (χ3n) is 5.10. The number of hydrogen-bond donors (Lipinski definition) is 1. The summed E-state index contributed by atoms with van der Waals surface area (Å²) in [5.41, 5.74) is -0.127. The fourth-order valence-electron chi connectivity index (χ4n) is 3.51. The zero-order valence-corrected chi connectivity index (χ0v) is 18.1. The van der Waals surface area contributed by atoms with Crippen molar-refractivity contribution in [3.63, 3.8) is 0 Å². The Hall–Kier alpha value is -2.45. The molecule has 1 aromatic carbocycles. The molecule has 0 radical (unpaired) electrons. The smallest absolute Gasteiger partial charge is 0.339 e. The van der Waals surface area contributed by atoms with E-state index < -0.39 is 5.97 Å². The molecule has 3 rings (SSSR count). The summed E-state index contributed by atoms with van der Waals surface area (Å²) < 4.78 is 10.3. The molecule has 2 heterocycles. The van der Waals surface area contributed by atoms with Crippen LogP contribution in [0.25, 0.3) is 6.20 Å². The molecule has 0 unspecified atom stereocenters. The van der Waals surface area contributed by atoms with Crippen LogP contribution in [0.3, 0.4) is 0 Å². The largest absolute Gasteiger partial charge is 0.496 e. The zero-order valence-electron chi connectivity index (χ0n) is 18.1. The molecule has 1 spiro atoms. The Bertz CT molecular complexity index is 866. The average molecular weight is 407 g/mol. The first-order chi connectivity index (χ1) is 13.5. The fraction of sp³-hybridized carbons (Fsp3) is 0.571. The van der Waals surface area contributed by atoms with Crippen molar-refractivity contribution in [1.29, 1.82) is 0 Å². The predicted octanol–water partition coefficient (Wildman–Crippen LogP) is 1.18. The van der Waals surface area contributed by atoms with Gasteiger partial charge >= 0.3 is 5.97 Å². The highest BCUT2D eigenvalue weighted by molar-refractivity contribution is 5.90. The first kappa shape index (κ1) is 22.8. The van der Waals surface area contributed by atoms with E-state index in [0.29, 0.717) is 22.9 Å². The second kappa shape index (κ2) is 8.92. The van der Waals surface area contributed by atoms with Crippen molar-refractivity contribution in [2.75, 3.05) is 34.3 Å². The third kappa shape index (κ3) is 5.77. The Morgan fingerprint density at radius 2 is 1.90 bits per heavy atom. The van der Waals surface area contributed by atoms with Gasteiger partial charge in [-0.15, -0.1) is 0 Å². The molecule has 160 valence electrons. The quantitative estimate of drug-likeness (QED) is 0.597. The van der Waals surface area contributed by atoms with Gasteiger partial charge in [0.2, 0.25) is 0 Å². The molecule has 0 amide bonds. The molecule has 0 atom stereocenters. The topological polar surface area (TPSA) is 88.4 Å². The molecule has 29 heavy (non-hydrogen) atoms. The van der Waals surface area contributed by atoms with Gasteiger partial charge in [0.15, 0.2) is 0 Å². The van der Waals surface area contributed by atoms with Gasteiger partial charge in [-0.3, -0.25) is 4.79 Å².